The minimum absolute atomic E-state index is 0.420. The van der Waals surface area contributed by atoms with Crippen LogP contribution in [-0.2, 0) is 0 Å². The van der Waals surface area contributed by atoms with E-state index in [1.54, 1.807) is 0 Å². The maximum Gasteiger partial charge on any atom is 0.00672 e. The molecule has 0 aromatic rings. The molecular formula is C15H31N. The van der Waals surface area contributed by atoms with Gasteiger partial charge in [-0.3, -0.25) is 0 Å². The van der Waals surface area contributed by atoms with E-state index in [1.807, 2.05) is 0 Å². The minimum atomic E-state index is 0.420. The van der Waals surface area contributed by atoms with E-state index >= 15 is 0 Å². The third-order valence-electron chi connectivity index (χ3n) is 4.80. The molecule has 1 atom stereocenters. The maximum atomic E-state index is 3.77. The van der Waals surface area contributed by atoms with Crippen molar-refractivity contribution in [2.24, 2.45) is 17.3 Å². The van der Waals surface area contributed by atoms with Crippen LogP contribution < -0.4 is 5.32 Å². The van der Waals surface area contributed by atoms with Gasteiger partial charge < -0.3 is 5.32 Å². The van der Waals surface area contributed by atoms with Gasteiger partial charge in [-0.25, -0.2) is 0 Å². The van der Waals surface area contributed by atoms with Gasteiger partial charge in [-0.1, -0.05) is 47.0 Å². The van der Waals surface area contributed by atoms with Crippen LogP contribution in [0.2, 0.25) is 0 Å². The quantitative estimate of drug-likeness (QED) is 0.738. The van der Waals surface area contributed by atoms with Gasteiger partial charge in [0.05, 0.1) is 0 Å². The molecule has 0 saturated heterocycles. The Bertz CT molecular complexity index is 190. The summed E-state index contributed by atoms with van der Waals surface area (Å²) in [5, 5.41) is 3.77. The van der Waals surface area contributed by atoms with Crippen molar-refractivity contribution in [2.45, 2.75) is 72.8 Å². The predicted octanol–water partition coefficient (Wildman–Crippen LogP) is 4.23. The fourth-order valence-electron chi connectivity index (χ4n) is 2.43. The summed E-state index contributed by atoms with van der Waals surface area (Å²) in [4.78, 5) is 0. The Kier molecular flexibility index (Phi) is 5.30. The Balaban J connectivity index is 2.31. The molecule has 1 fully saturated rings. The van der Waals surface area contributed by atoms with E-state index in [4.69, 9.17) is 0 Å². The smallest absolute Gasteiger partial charge is 0.00672 e. The molecule has 16 heavy (non-hydrogen) atoms. The SMILES string of the molecule is CC(NCC(C)(C)C(C)C)C1CCCCC1. The highest BCUT2D eigenvalue weighted by Crippen LogP contribution is 2.28. The molecule has 0 aliphatic heterocycles. The van der Waals surface area contributed by atoms with Gasteiger partial charge in [-0.05, 0) is 37.0 Å². The number of hydrogen-bond acceptors (Lipinski definition) is 1. The molecule has 1 rings (SSSR count). The van der Waals surface area contributed by atoms with Gasteiger partial charge in [0.25, 0.3) is 0 Å². The standard InChI is InChI=1S/C15H31N/c1-12(2)15(4,5)11-16-13(3)14-9-7-6-8-10-14/h12-14,16H,6-11H2,1-5H3. The molecule has 0 aromatic heterocycles. The van der Waals surface area contributed by atoms with Crippen LogP contribution in [0, 0.1) is 17.3 Å². The molecule has 1 N–H and O–H groups in total. The Morgan fingerprint density at radius 1 is 1.06 bits per heavy atom. The molecule has 1 nitrogen and oxygen atoms in total. The summed E-state index contributed by atoms with van der Waals surface area (Å²) in [6, 6.07) is 0.707. The molecule has 1 aliphatic rings. The van der Waals surface area contributed by atoms with Crippen molar-refractivity contribution in [3.63, 3.8) is 0 Å². The summed E-state index contributed by atoms with van der Waals surface area (Å²) in [6.07, 6.45) is 7.24. The largest absolute Gasteiger partial charge is 0.313 e. The zero-order chi connectivity index (χ0) is 12.2. The molecule has 1 saturated carbocycles. The lowest BCUT2D eigenvalue weighted by Gasteiger charge is -2.34. The average molecular weight is 225 g/mol. The van der Waals surface area contributed by atoms with Gasteiger partial charge in [-0.15, -0.1) is 0 Å². The maximum absolute atomic E-state index is 3.77. The van der Waals surface area contributed by atoms with Crippen LogP contribution in [0.4, 0.5) is 0 Å². The van der Waals surface area contributed by atoms with Crippen LogP contribution in [0.15, 0.2) is 0 Å². The van der Waals surface area contributed by atoms with Gasteiger partial charge >= 0.3 is 0 Å². The highest BCUT2D eigenvalue weighted by atomic mass is 14.9. The monoisotopic (exact) mass is 225 g/mol. The Hall–Kier alpha value is -0.0400. The summed E-state index contributed by atoms with van der Waals surface area (Å²) >= 11 is 0. The van der Waals surface area contributed by atoms with E-state index in [9.17, 15) is 0 Å². The van der Waals surface area contributed by atoms with Crippen LogP contribution in [0.25, 0.3) is 0 Å². The molecule has 0 spiro atoms. The normalized spacial score (nSPS) is 21.4. The molecule has 0 aromatic carbocycles. The van der Waals surface area contributed by atoms with Gasteiger partial charge in [0.15, 0.2) is 0 Å². The van der Waals surface area contributed by atoms with Crippen LogP contribution in [-0.4, -0.2) is 12.6 Å². The molecule has 0 heterocycles. The second-order valence-electron chi connectivity index (χ2n) is 6.71. The second-order valence-corrected chi connectivity index (χ2v) is 6.71. The molecule has 1 aliphatic carbocycles. The van der Waals surface area contributed by atoms with Crippen molar-refractivity contribution in [1.82, 2.24) is 5.32 Å². The van der Waals surface area contributed by atoms with Gasteiger partial charge in [0, 0.05) is 12.6 Å². The third-order valence-corrected chi connectivity index (χ3v) is 4.80. The average Bonchev–Trinajstić information content (AvgIpc) is 2.27. The first-order valence-corrected chi connectivity index (χ1v) is 7.17. The lowest BCUT2D eigenvalue weighted by Crippen LogP contribution is -2.42. The second kappa shape index (κ2) is 6.05. The van der Waals surface area contributed by atoms with Crippen molar-refractivity contribution < 1.29 is 0 Å². The summed E-state index contributed by atoms with van der Waals surface area (Å²) in [6.45, 7) is 12.9. The van der Waals surface area contributed by atoms with E-state index in [-0.39, 0.29) is 0 Å². The highest BCUT2D eigenvalue weighted by Gasteiger charge is 2.25. The van der Waals surface area contributed by atoms with E-state index in [1.165, 1.54) is 32.1 Å². The van der Waals surface area contributed by atoms with Crippen molar-refractivity contribution in [1.29, 1.82) is 0 Å². The molecule has 0 radical (unpaired) electrons. The van der Waals surface area contributed by atoms with E-state index in [2.05, 4.69) is 39.9 Å². The van der Waals surface area contributed by atoms with Gasteiger partial charge in [-0.2, -0.15) is 0 Å². The molecule has 0 amide bonds. The van der Waals surface area contributed by atoms with Crippen LogP contribution in [0.1, 0.15) is 66.7 Å². The Morgan fingerprint density at radius 2 is 1.62 bits per heavy atom. The first-order chi connectivity index (χ1) is 7.43. The number of rotatable bonds is 5. The van der Waals surface area contributed by atoms with Crippen molar-refractivity contribution in [2.75, 3.05) is 6.54 Å². The van der Waals surface area contributed by atoms with E-state index in [0.29, 0.717) is 11.5 Å². The topological polar surface area (TPSA) is 12.0 Å². The van der Waals surface area contributed by atoms with Crippen molar-refractivity contribution in [3.05, 3.63) is 0 Å². The van der Waals surface area contributed by atoms with Gasteiger partial charge in [0.1, 0.15) is 0 Å². The lowest BCUT2D eigenvalue weighted by molar-refractivity contribution is 0.203. The van der Waals surface area contributed by atoms with Crippen molar-refractivity contribution in [3.8, 4) is 0 Å². The van der Waals surface area contributed by atoms with Crippen LogP contribution >= 0.6 is 0 Å². The summed E-state index contributed by atoms with van der Waals surface area (Å²) in [5.74, 6) is 1.68. The van der Waals surface area contributed by atoms with Crippen molar-refractivity contribution >= 4 is 0 Å². The molecule has 0 bridgehead atoms. The van der Waals surface area contributed by atoms with E-state index < -0.39 is 0 Å². The van der Waals surface area contributed by atoms with Crippen LogP contribution in [0.5, 0.6) is 0 Å². The fourth-order valence-corrected chi connectivity index (χ4v) is 2.43. The molecular weight excluding hydrogens is 194 g/mol. The third kappa shape index (κ3) is 4.08. The summed E-state index contributed by atoms with van der Waals surface area (Å²) in [5.41, 5.74) is 0.420. The first-order valence-electron chi connectivity index (χ1n) is 7.17. The summed E-state index contributed by atoms with van der Waals surface area (Å²) in [7, 11) is 0. The lowest BCUT2D eigenvalue weighted by atomic mass is 9.80. The fraction of sp³-hybridized carbons (Fsp3) is 1.00. The number of hydrogen-bond donors (Lipinski definition) is 1. The highest BCUT2D eigenvalue weighted by molar-refractivity contribution is 4.80. The zero-order valence-corrected chi connectivity index (χ0v) is 12.0. The van der Waals surface area contributed by atoms with E-state index in [0.717, 1.165) is 18.4 Å². The Morgan fingerprint density at radius 3 is 2.12 bits per heavy atom. The molecule has 1 heteroatoms. The molecule has 1 unspecified atom stereocenters. The first kappa shape index (κ1) is 14.0. The summed E-state index contributed by atoms with van der Waals surface area (Å²) < 4.78 is 0. The molecule has 96 valence electrons. The Labute approximate surface area is 102 Å². The predicted molar refractivity (Wildman–Crippen MR) is 72.7 cm³/mol. The zero-order valence-electron chi connectivity index (χ0n) is 12.0. The minimum Gasteiger partial charge on any atom is -0.313 e. The van der Waals surface area contributed by atoms with Gasteiger partial charge in [0.2, 0.25) is 0 Å². The van der Waals surface area contributed by atoms with Crippen LogP contribution in [0.3, 0.4) is 0 Å². The number of nitrogens with one attached hydrogen (secondary N) is 1.